The van der Waals surface area contributed by atoms with Gasteiger partial charge in [-0.1, -0.05) is 11.6 Å². The van der Waals surface area contributed by atoms with Crippen molar-refractivity contribution in [3.05, 3.63) is 53.6 Å². The highest BCUT2D eigenvalue weighted by Gasteiger charge is 2.07. The Kier molecular flexibility index (Phi) is 6.31. The Morgan fingerprint density at radius 2 is 1.96 bits per heavy atom. The summed E-state index contributed by atoms with van der Waals surface area (Å²) >= 11 is 5.74. The van der Waals surface area contributed by atoms with Crippen LogP contribution >= 0.6 is 11.6 Å². The molecule has 120 valence electrons. The molecule has 0 aliphatic carbocycles. The van der Waals surface area contributed by atoms with E-state index in [0.717, 1.165) is 0 Å². The fraction of sp³-hybridized carbons (Fsp3) is 0.200. The second-order valence-electron chi connectivity index (χ2n) is 4.31. The van der Waals surface area contributed by atoms with Crippen molar-refractivity contribution in [2.45, 2.75) is 0 Å². The molecule has 0 aliphatic heterocycles. The van der Waals surface area contributed by atoms with E-state index in [2.05, 4.69) is 15.3 Å². The molecule has 23 heavy (non-hydrogen) atoms. The van der Waals surface area contributed by atoms with Gasteiger partial charge in [-0.3, -0.25) is 9.78 Å². The number of ether oxygens (including phenoxy) is 2. The van der Waals surface area contributed by atoms with Crippen LogP contribution in [-0.2, 0) is 9.53 Å². The van der Waals surface area contributed by atoms with E-state index < -0.39 is 5.97 Å². The van der Waals surface area contributed by atoms with Crippen molar-refractivity contribution in [1.82, 2.24) is 15.3 Å². The topological polar surface area (TPSA) is 90.4 Å². The lowest BCUT2D eigenvalue weighted by molar-refractivity contribution is -0.145. The van der Waals surface area contributed by atoms with Crippen LogP contribution in [0.25, 0.3) is 0 Å². The van der Waals surface area contributed by atoms with E-state index >= 15 is 0 Å². The monoisotopic (exact) mass is 335 g/mol. The molecule has 0 unspecified atom stereocenters. The van der Waals surface area contributed by atoms with Gasteiger partial charge in [-0.15, -0.1) is 0 Å². The van der Waals surface area contributed by atoms with Gasteiger partial charge in [-0.25, -0.2) is 9.78 Å². The van der Waals surface area contributed by atoms with Crippen molar-refractivity contribution >= 4 is 23.5 Å². The molecule has 1 N–H and O–H groups in total. The Labute approximate surface area is 137 Å². The summed E-state index contributed by atoms with van der Waals surface area (Å²) in [4.78, 5) is 30.8. The molecular weight excluding hydrogens is 322 g/mol. The second kappa shape index (κ2) is 8.70. The van der Waals surface area contributed by atoms with E-state index in [1.165, 1.54) is 18.6 Å². The fourth-order valence-electron chi connectivity index (χ4n) is 1.55. The minimum atomic E-state index is -0.534. The minimum absolute atomic E-state index is 0.0365. The van der Waals surface area contributed by atoms with Crippen molar-refractivity contribution in [3.63, 3.8) is 0 Å². The summed E-state index contributed by atoms with van der Waals surface area (Å²) in [7, 11) is 0. The summed E-state index contributed by atoms with van der Waals surface area (Å²) in [5.41, 5.74) is 0.199. The van der Waals surface area contributed by atoms with Gasteiger partial charge in [-0.05, 0) is 24.3 Å². The van der Waals surface area contributed by atoms with Crippen LogP contribution in [0.4, 0.5) is 0 Å². The zero-order chi connectivity index (χ0) is 16.5. The third-order valence-electron chi connectivity index (χ3n) is 2.62. The number of rotatable bonds is 7. The Morgan fingerprint density at radius 1 is 1.17 bits per heavy atom. The van der Waals surface area contributed by atoms with Crippen LogP contribution in [0.3, 0.4) is 0 Å². The van der Waals surface area contributed by atoms with Gasteiger partial charge in [0.15, 0.2) is 6.61 Å². The SMILES string of the molecule is O=C(COc1ccc(Cl)cc1)OCCNC(=O)c1cnccn1. The molecule has 0 fully saturated rings. The molecule has 2 rings (SSSR count). The van der Waals surface area contributed by atoms with Crippen molar-refractivity contribution in [3.8, 4) is 5.75 Å². The number of esters is 1. The molecule has 0 atom stereocenters. The van der Waals surface area contributed by atoms with E-state index in [9.17, 15) is 9.59 Å². The number of halogens is 1. The first kappa shape index (κ1) is 16.7. The Balaban J connectivity index is 1.61. The van der Waals surface area contributed by atoms with Crippen molar-refractivity contribution in [2.75, 3.05) is 19.8 Å². The Bertz CT molecular complexity index is 650. The van der Waals surface area contributed by atoms with Crippen LogP contribution in [0.15, 0.2) is 42.9 Å². The van der Waals surface area contributed by atoms with Gasteiger partial charge in [0.25, 0.3) is 5.91 Å². The Hall–Kier alpha value is -2.67. The summed E-state index contributed by atoms with van der Waals surface area (Å²) in [5.74, 6) is -0.400. The van der Waals surface area contributed by atoms with Crippen LogP contribution in [0, 0.1) is 0 Å². The number of hydrogen-bond acceptors (Lipinski definition) is 6. The maximum absolute atomic E-state index is 11.6. The summed E-state index contributed by atoms with van der Waals surface area (Å²) < 4.78 is 10.2. The smallest absolute Gasteiger partial charge is 0.344 e. The van der Waals surface area contributed by atoms with Gasteiger partial charge < -0.3 is 14.8 Å². The van der Waals surface area contributed by atoms with Gasteiger partial charge >= 0.3 is 5.97 Å². The number of benzene rings is 1. The summed E-state index contributed by atoms with van der Waals surface area (Å²) in [6.07, 6.45) is 4.24. The average molecular weight is 336 g/mol. The number of carbonyl (C=O) groups excluding carboxylic acids is 2. The molecular formula is C15H14ClN3O4. The van der Waals surface area contributed by atoms with Crippen LogP contribution in [0.5, 0.6) is 5.75 Å². The molecule has 0 bridgehead atoms. The van der Waals surface area contributed by atoms with Gasteiger partial charge in [0, 0.05) is 17.4 Å². The van der Waals surface area contributed by atoms with E-state index in [4.69, 9.17) is 21.1 Å². The molecule has 1 amide bonds. The quantitative estimate of drug-likeness (QED) is 0.609. The summed E-state index contributed by atoms with van der Waals surface area (Å²) in [6.45, 7) is -0.0172. The molecule has 1 aromatic heterocycles. The number of amides is 1. The first-order valence-electron chi connectivity index (χ1n) is 6.73. The zero-order valence-corrected chi connectivity index (χ0v) is 12.8. The lowest BCUT2D eigenvalue weighted by atomic mass is 10.3. The molecule has 0 radical (unpaired) electrons. The average Bonchev–Trinajstić information content (AvgIpc) is 2.59. The molecule has 2 aromatic rings. The lowest BCUT2D eigenvalue weighted by Gasteiger charge is -2.08. The Morgan fingerprint density at radius 3 is 2.65 bits per heavy atom. The van der Waals surface area contributed by atoms with Crippen LogP contribution in [-0.4, -0.2) is 41.6 Å². The zero-order valence-electron chi connectivity index (χ0n) is 12.1. The van der Waals surface area contributed by atoms with Crippen LogP contribution < -0.4 is 10.1 Å². The predicted octanol–water partition coefficient (Wildman–Crippen LogP) is 1.48. The molecule has 7 nitrogen and oxygen atoms in total. The molecule has 0 saturated carbocycles. The summed E-state index contributed by atoms with van der Waals surface area (Å²) in [6, 6.07) is 6.61. The van der Waals surface area contributed by atoms with Gasteiger partial charge in [0.1, 0.15) is 18.1 Å². The first-order valence-corrected chi connectivity index (χ1v) is 7.11. The molecule has 1 aromatic carbocycles. The standard InChI is InChI=1S/C15H14ClN3O4/c16-11-1-3-12(4-2-11)23-10-14(20)22-8-7-19-15(21)13-9-17-5-6-18-13/h1-6,9H,7-8,10H2,(H,19,21). The number of hydrogen-bond donors (Lipinski definition) is 1. The third kappa shape index (κ3) is 5.91. The number of carbonyl (C=O) groups is 2. The van der Waals surface area contributed by atoms with Crippen molar-refractivity contribution in [2.24, 2.45) is 0 Å². The number of nitrogens with one attached hydrogen (secondary N) is 1. The third-order valence-corrected chi connectivity index (χ3v) is 2.87. The normalized spacial score (nSPS) is 9.96. The summed E-state index contributed by atoms with van der Waals surface area (Å²) in [5, 5.41) is 3.14. The molecule has 0 aliphatic rings. The number of aromatic nitrogens is 2. The first-order chi connectivity index (χ1) is 11.1. The predicted molar refractivity (Wildman–Crippen MR) is 82.3 cm³/mol. The maximum Gasteiger partial charge on any atom is 0.344 e. The van der Waals surface area contributed by atoms with Gasteiger partial charge in [0.2, 0.25) is 0 Å². The second-order valence-corrected chi connectivity index (χ2v) is 4.75. The highest BCUT2D eigenvalue weighted by molar-refractivity contribution is 6.30. The van der Waals surface area contributed by atoms with Crippen LogP contribution in [0.2, 0.25) is 5.02 Å². The molecule has 0 spiro atoms. The van der Waals surface area contributed by atoms with Gasteiger partial charge in [-0.2, -0.15) is 0 Å². The van der Waals surface area contributed by atoms with E-state index in [1.54, 1.807) is 24.3 Å². The minimum Gasteiger partial charge on any atom is -0.482 e. The van der Waals surface area contributed by atoms with Crippen molar-refractivity contribution in [1.29, 1.82) is 0 Å². The highest BCUT2D eigenvalue weighted by Crippen LogP contribution is 2.15. The lowest BCUT2D eigenvalue weighted by Crippen LogP contribution is -2.29. The van der Waals surface area contributed by atoms with Gasteiger partial charge in [0.05, 0.1) is 12.7 Å². The largest absolute Gasteiger partial charge is 0.482 e. The van der Waals surface area contributed by atoms with E-state index in [1.807, 2.05) is 0 Å². The maximum atomic E-state index is 11.6. The van der Waals surface area contributed by atoms with E-state index in [-0.39, 0.29) is 31.4 Å². The van der Waals surface area contributed by atoms with Crippen molar-refractivity contribution < 1.29 is 19.1 Å². The number of nitrogens with zero attached hydrogens (tertiary/aromatic N) is 2. The van der Waals surface area contributed by atoms with E-state index in [0.29, 0.717) is 10.8 Å². The fourth-order valence-corrected chi connectivity index (χ4v) is 1.68. The highest BCUT2D eigenvalue weighted by atomic mass is 35.5. The van der Waals surface area contributed by atoms with Crippen LogP contribution in [0.1, 0.15) is 10.5 Å². The molecule has 8 heteroatoms. The molecule has 0 saturated heterocycles. The molecule has 1 heterocycles.